The second-order valence-electron chi connectivity index (χ2n) is 6.06. The predicted molar refractivity (Wildman–Crippen MR) is 94.4 cm³/mol. The van der Waals surface area contributed by atoms with Crippen molar-refractivity contribution in [1.29, 1.82) is 0 Å². The molecule has 1 aliphatic rings. The van der Waals surface area contributed by atoms with E-state index in [9.17, 15) is 14.0 Å². The number of nitrogens with zero attached hydrogens (tertiary/aromatic N) is 3. The first kappa shape index (κ1) is 18.7. The molecule has 0 unspecified atom stereocenters. The topological polar surface area (TPSA) is 43.9 Å². The van der Waals surface area contributed by atoms with Gasteiger partial charge in [-0.15, -0.1) is 0 Å². The smallest absolute Gasteiger partial charge is 0.281 e. The lowest BCUT2D eigenvalue weighted by molar-refractivity contribution is -0.132. The number of carbonyl (C=O) groups excluding carboxylic acids is 2. The molecule has 1 heterocycles. The van der Waals surface area contributed by atoms with Crippen LogP contribution in [-0.2, 0) is 11.3 Å². The van der Waals surface area contributed by atoms with Crippen molar-refractivity contribution < 1.29 is 14.0 Å². The Bertz CT molecular complexity index is 583. The van der Waals surface area contributed by atoms with Crippen LogP contribution in [0, 0.1) is 5.82 Å². The van der Waals surface area contributed by atoms with Crippen molar-refractivity contribution in [3.63, 3.8) is 0 Å². The number of amides is 2. The summed E-state index contributed by atoms with van der Waals surface area (Å²) >= 11 is 1.29. The maximum Gasteiger partial charge on any atom is 0.281 e. The van der Waals surface area contributed by atoms with E-state index in [0.717, 1.165) is 5.75 Å². The number of halogens is 1. The molecule has 132 valence electrons. The van der Waals surface area contributed by atoms with Crippen LogP contribution in [0.1, 0.15) is 12.0 Å². The van der Waals surface area contributed by atoms with Crippen LogP contribution in [0.25, 0.3) is 0 Å². The van der Waals surface area contributed by atoms with Gasteiger partial charge in [-0.1, -0.05) is 30.0 Å². The van der Waals surface area contributed by atoms with Crippen LogP contribution in [0.3, 0.4) is 0 Å². The molecule has 5 nitrogen and oxygen atoms in total. The van der Waals surface area contributed by atoms with Gasteiger partial charge in [0.1, 0.15) is 5.82 Å². The second kappa shape index (κ2) is 9.03. The van der Waals surface area contributed by atoms with Crippen LogP contribution in [0.2, 0.25) is 0 Å². The van der Waals surface area contributed by atoms with E-state index in [1.165, 1.54) is 17.8 Å². The van der Waals surface area contributed by atoms with Crippen molar-refractivity contribution in [2.45, 2.75) is 13.0 Å². The summed E-state index contributed by atoms with van der Waals surface area (Å²) < 4.78 is 13.9. The molecule has 1 aromatic carbocycles. The highest BCUT2D eigenvalue weighted by molar-refractivity contribution is 8.13. The molecule has 7 heteroatoms. The largest absolute Gasteiger partial charge is 0.337 e. The van der Waals surface area contributed by atoms with Crippen LogP contribution >= 0.6 is 11.8 Å². The summed E-state index contributed by atoms with van der Waals surface area (Å²) in [5, 5.41) is 0.0387. The summed E-state index contributed by atoms with van der Waals surface area (Å²) in [6.45, 7) is 2.62. The number of carbonyl (C=O) groups is 2. The number of likely N-dealkylation sites (N-methyl/N-ethyl adjacent to an activating group) is 1. The fourth-order valence-electron chi connectivity index (χ4n) is 2.46. The maximum atomic E-state index is 13.9. The number of hydrogen-bond donors (Lipinski definition) is 0. The lowest BCUT2D eigenvalue weighted by Gasteiger charge is -2.26. The molecule has 0 aliphatic carbocycles. The summed E-state index contributed by atoms with van der Waals surface area (Å²) in [4.78, 5) is 29.6. The van der Waals surface area contributed by atoms with E-state index < -0.39 is 0 Å². The average molecular weight is 353 g/mol. The molecule has 0 saturated carbocycles. The van der Waals surface area contributed by atoms with Crippen LogP contribution in [0.5, 0.6) is 0 Å². The Morgan fingerprint density at radius 1 is 1.29 bits per heavy atom. The third-order valence-electron chi connectivity index (χ3n) is 3.93. The van der Waals surface area contributed by atoms with Gasteiger partial charge in [-0.05, 0) is 20.2 Å². The van der Waals surface area contributed by atoms with E-state index in [1.807, 2.05) is 19.0 Å². The number of rotatable bonds is 8. The molecule has 0 N–H and O–H groups in total. The zero-order valence-electron chi connectivity index (χ0n) is 14.2. The lowest BCUT2D eigenvalue weighted by Crippen LogP contribution is -2.38. The summed E-state index contributed by atoms with van der Waals surface area (Å²) in [6.07, 6.45) is 0.272. The Kier molecular flexibility index (Phi) is 7.05. The Hall–Kier alpha value is -1.60. The van der Waals surface area contributed by atoms with Crippen LogP contribution in [0.4, 0.5) is 9.18 Å². The van der Waals surface area contributed by atoms with Crippen molar-refractivity contribution in [3.05, 3.63) is 35.6 Å². The first-order chi connectivity index (χ1) is 11.5. The number of hydrogen-bond acceptors (Lipinski definition) is 4. The van der Waals surface area contributed by atoms with Gasteiger partial charge in [0.2, 0.25) is 5.91 Å². The molecule has 0 radical (unpaired) electrons. The summed E-state index contributed by atoms with van der Waals surface area (Å²) in [7, 11) is 3.87. The molecule has 0 spiro atoms. The molecular formula is C17H24FN3O2S. The highest BCUT2D eigenvalue weighted by atomic mass is 32.2. The Morgan fingerprint density at radius 3 is 2.67 bits per heavy atom. The Balaban J connectivity index is 1.97. The highest BCUT2D eigenvalue weighted by Crippen LogP contribution is 2.18. The fourth-order valence-corrected chi connectivity index (χ4v) is 3.31. The molecule has 1 aromatic rings. The average Bonchev–Trinajstić information content (AvgIpc) is 2.95. The van der Waals surface area contributed by atoms with E-state index >= 15 is 0 Å². The Labute approximate surface area is 146 Å². The van der Waals surface area contributed by atoms with Crippen molar-refractivity contribution in [1.82, 2.24) is 14.7 Å². The van der Waals surface area contributed by atoms with E-state index in [-0.39, 0.29) is 29.9 Å². The van der Waals surface area contributed by atoms with Gasteiger partial charge < -0.3 is 14.7 Å². The van der Waals surface area contributed by atoms with Gasteiger partial charge in [-0.2, -0.15) is 0 Å². The molecule has 24 heavy (non-hydrogen) atoms. The zero-order chi connectivity index (χ0) is 17.5. The van der Waals surface area contributed by atoms with E-state index in [1.54, 1.807) is 28.0 Å². The van der Waals surface area contributed by atoms with Gasteiger partial charge in [0.05, 0.1) is 0 Å². The van der Waals surface area contributed by atoms with E-state index in [0.29, 0.717) is 31.7 Å². The quantitative estimate of drug-likeness (QED) is 0.719. The minimum absolute atomic E-state index is 0.0387. The second-order valence-corrected chi connectivity index (χ2v) is 7.11. The van der Waals surface area contributed by atoms with Crippen LogP contribution in [0.15, 0.2) is 24.3 Å². The van der Waals surface area contributed by atoms with Gasteiger partial charge >= 0.3 is 0 Å². The summed E-state index contributed by atoms with van der Waals surface area (Å²) in [5.41, 5.74) is 0.511. The minimum Gasteiger partial charge on any atom is -0.337 e. The van der Waals surface area contributed by atoms with Gasteiger partial charge in [0.15, 0.2) is 0 Å². The van der Waals surface area contributed by atoms with Crippen LogP contribution < -0.4 is 0 Å². The molecule has 2 rings (SSSR count). The van der Waals surface area contributed by atoms with Crippen molar-refractivity contribution in [3.8, 4) is 0 Å². The minimum atomic E-state index is -0.300. The molecular weight excluding hydrogens is 329 g/mol. The monoisotopic (exact) mass is 353 g/mol. The standard InChI is InChI=1S/C17H24FN3O2S/c1-19(2)9-10-21(13-14-5-3-4-6-15(14)18)16(22)7-8-20-11-12-24-17(20)23/h3-6H,7-13H2,1-2H3. The van der Waals surface area contributed by atoms with Crippen molar-refractivity contribution in [2.24, 2.45) is 0 Å². The lowest BCUT2D eigenvalue weighted by atomic mass is 10.2. The van der Waals surface area contributed by atoms with Gasteiger partial charge in [0.25, 0.3) is 5.24 Å². The van der Waals surface area contributed by atoms with E-state index in [2.05, 4.69) is 0 Å². The molecule has 2 amide bonds. The van der Waals surface area contributed by atoms with Crippen molar-refractivity contribution >= 4 is 22.9 Å². The number of thioether (sulfide) groups is 1. The van der Waals surface area contributed by atoms with Gasteiger partial charge in [0, 0.05) is 50.5 Å². The molecule has 1 saturated heterocycles. The maximum absolute atomic E-state index is 13.9. The Morgan fingerprint density at radius 2 is 2.04 bits per heavy atom. The molecule has 1 fully saturated rings. The first-order valence-electron chi connectivity index (χ1n) is 8.05. The van der Waals surface area contributed by atoms with Gasteiger partial charge in [-0.3, -0.25) is 9.59 Å². The molecule has 0 aromatic heterocycles. The normalized spacial score (nSPS) is 14.5. The predicted octanol–water partition coefficient (Wildman–Crippen LogP) is 2.27. The zero-order valence-corrected chi connectivity index (χ0v) is 15.0. The highest BCUT2D eigenvalue weighted by Gasteiger charge is 2.23. The third kappa shape index (κ3) is 5.49. The van der Waals surface area contributed by atoms with Gasteiger partial charge in [-0.25, -0.2) is 4.39 Å². The van der Waals surface area contributed by atoms with Crippen LogP contribution in [-0.4, -0.2) is 71.9 Å². The third-order valence-corrected chi connectivity index (χ3v) is 4.82. The first-order valence-corrected chi connectivity index (χ1v) is 9.03. The molecule has 0 bridgehead atoms. The number of benzene rings is 1. The molecule has 1 aliphatic heterocycles. The van der Waals surface area contributed by atoms with Crippen molar-refractivity contribution in [2.75, 3.05) is 46.0 Å². The molecule has 0 atom stereocenters. The van der Waals surface area contributed by atoms with E-state index in [4.69, 9.17) is 0 Å². The summed E-state index contributed by atoms with van der Waals surface area (Å²) in [6, 6.07) is 6.52. The summed E-state index contributed by atoms with van der Waals surface area (Å²) in [5.74, 6) is 0.433. The SMILES string of the molecule is CN(C)CCN(Cc1ccccc1F)C(=O)CCN1CCSC1=O. The fraction of sp³-hybridized carbons (Fsp3) is 0.529.